The summed E-state index contributed by atoms with van der Waals surface area (Å²) >= 11 is 4.20. The quantitative estimate of drug-likeness (QED) is 0.161. The van der Waals surface area contributed by atoms with Gasteiger partial charge in [0.15, 0.2) is 0 Å². The van der Waals surface area contributed by atoms with E-state index in [9.17, 15) is 24.3 Å². The van der Waals surface area contributed by atoms with Crippen molar-refractivity contribution in [3.63, 3.8) is 0 Å². The highest BCUT2D eigenvalue weighted by atomic mass is 32.1. The Bertz CT molecular complexity index is 840. The minimum absolute atomic E-state index is 0.0384. The van der Waals surface area contributed by atoms with Crippen LogP contribution in [0.5, 0.6) is 0 Å². The zero-order valence-corrected chi connectivity index (χ0v) is 20.1. The lowest BCUT2D eigenvalue weighted by molar-refractivity contribution is -0.144. The average molecular weight is 494 g/mol. The molecule has 1 heterocycles. The normalized spacial score (nSPS) is 18.1. The number of amides is 3. The van der Waals surface area contributed by atoms with Gasteiger partial charge in [0, 0.05) is 18.7 Å². The monoisotopic (exact) mass is 493 g/mol. The number of nitrogens with one attached hydrogen (secondary N) is 2. The van der Waals surface area contributed by atoms with Crippen molar-refractivity contribution < 1.29 is 24.3 Å². The van der Waals surface area contributed by atoms with Crippen molar-refractivity contribution in [2.75, 3.05) is 18.8 Å². The minimum atomic E-state index is -1.16. The molecule has 0 spiro atoms. The molecule has 4 unspecified atom stereocenters. The fourth-order valence-corrected chi connectivity index (χ4v) is 4.17. The maximum Gasteiger partial charge on any atom is 0.326 e. The Morgan fingerprint density at radius 1 is 1.12 bits per heavy atom. The van der Waals surface area contributed by atoms with Crippen LogP contribution >= 0.6 is 12.6 Å². The number of carboxylic acids is 1. The molecular weight excluding hydrogens is 458 g/mol. The van der Waals surface area contributed by atoms with Gasteiger partial charge in [0.2, 0.25) is 17.7 Å². The highest BCUT2D eigenvalue weighted by molar-refractivity contribution is 7.80. The molecule has 2 rings (SSSR count). The van der Waals surface area contributed by atoms with Crippen LogP contribution in [0, 0.1) is 0 Å². The first-order chi connectivity index (χ1) is 16.3. The van der Waals surface area contributed by atoms with Crippen molar-refractivity contribution in [1.82, 2.24) is 15.5 Å². The lowest BCUT2D eigenvalue weighted by Crippen LogP contribution is -2.57. The van der Waals surface area contributed by atoms with Crippen LogP contribution in [0.2, 0.25) is 0 Å². The molecular formula is C23H35N5O5S. The van der Waals surface area contributed by atoms with Gasteiger partial charge in [-0.15, -0.1) is 0 Å². The molecule has 1 aromatic carbocycles. The maximum absolute atomic E-state index is 13.1. The molecule has 0 aromatic heterocycles. The second-order valence-electron chi connectivity index (χ2n) is 8.41. The molecule has 4 atom stereocenters. The highest BCUT2D eigenvalue weighted by Gasteiger charge is 2.38. The Morgan fingerprint density at radius 2 is 1.82 bits per heavy atom. The van der Waals surface area contributed by atoms with Crippen molar-refractivity contribution in [2.24, 2.45) is 11.5 Å². The number of aliphatic carboxylic acids is 1. The molecule has 1 aromatic rings. The second kappa shape index (κ2) is 13.9. The third-order valence-corrected chi connectivity index (χ3v) is 6.20. The van der Waals surface area contributed by atoms with Gasteiger partial charge in [0.1, 0.15) is 18.1 Å². The van der Waals surface area contributed by atoms with Crippen LogP contribution in [-0.4, -0.2) is 76.7 Å². The Balaban J connectivity index is 2.00. The van der Waals surface area contributed by atoms with Crippen molar-refractivity contribution in [2.45, 2.75) is 62.7 Å². The summed E-state index contributed by atoms with van der Waals surface area (Å²) in [5.74, 6) is -2.55. The molecule has 1 fully saturated rings. The van der Waals surface area contributed by atoms with Gasteiger partial charge in [-0.25, -0.2) is 4.79 Å². The molecule has 3 amide bonds. The van der Waals surface area contributed by atoms with E-state index in [-0.39, 0.29) is 12.2 Å². The zero-order chi connectivity index (χ0) is 25.1. The van der Waals surface area contributed by atoms with E-state index in [0.29, 0.717) is 38.8 Å². The Labute approximate surface area is 205 Å². The van der Waals surface area contributed by atoms with Gasteiger partial charge in [0.05, 0.1) is 6.04 Å². The number of hydrogen-bond acceptors (Lipinski definition) is 7. The summed E-state index contributed by atoms with van der Waals surface area (Å²) in [7, 11) is 0. The molecule has 1 saturated heterocycles. The third kappa shape index (κ3) is 8.00. The Morgan fingerprint density at radius 3 is 2.44 bits per heavy atom. The Hall–Kier alpha value is -2.63. The predicted octanol–water partition coefficient (Wildman–Crippen LogP) is -0.340. The van der Waals surface area contributed by atoms with E-state index in [1.54, 1.807) is 24.3 Å². The number of nitrogens with zero attached hydrogens (tertiary/aromatic N) is 1. The van der Waals surface area contributed by atoms with Crippen LogP contribution in [0.15, 0.2) is 30.3 Å². The summed E-state index contributed by atoms with van der Waals surface area (Å²) in [6.07, 6.45) is 3.02. The molecule has 188 valence electrons. The second-order valence-corrected chi connectivity index (χ2v) is 8.78. The standard InChI is InChI=1S/C23H35N5O5S/c24-11-5-4-9-16(25)20(29)27-18(14-34)22(31)28-12-6-10-19(28)21(30)26-17(23(32)33)13-15-7-2-1-3-8-15/h1-3,7-8,16-19,34H,4-6,9-14,24-25H2,(H,26,30)(H,27,29)(H,32,33). The van der Waals surface area contributed by atoms with E-state index in [4.69, 9.17) is 11.5 Å². The van der Waals surface area contributed by atoms with E-state index in [1.807, 2.05) is 6.07 Å². The van der Waals surface area contributed by atoms with Crippen LogP contribution in [-0.2, 0) is 25.6 Å². The van der Waals surface area contributed by atoms with Gasteiger partial charge in [0.25, 0.3) is 0 Å². The van der Waals surface area contributed by atoms with Gasteiger partial charge < -0.3 is 32.1 Å². The number of rotatable bonds is 13. The summed E-state index contributed by atoms with van der Waals surface area (Å²) in [6.45, 7) is 0.842. The van der Waals surface area contributed by atoms with Crippen LogP contribution < -0.4 is 22.1 Å². The molecule has 1 aliphatic rings. The van der Waals surface area contributed by atoms with Crippen molar-refractivity contribution >= 4 is 36.3 Å². The molecule has 10 nitrogen and oxygen atoms in total. The molecule has 34 heavy (non-hydrogen) atoms. The lowest BCUT2D eigenvalue weighted by Gasteiger charge is -2.29. The van der Waals surface area contributed by atoms with Crippen LogP contribution in [0.4, 0.5) is 0 Å². The number of thiol groups is 1. The molecule has 0 aliphatic carbocycles. The average Bonchev–Trinajstić information content (AvgIpc) is 3.32. The number of hydrogen-bond donors (Lipinski definition) is 6. The van der Waals surface area contributed by atoms with Crippen LogP contribution in [0.3, 0.4) is 0 Å². The lowest BCUT2D eigenvalue weighted by atomic mass is 10.1. The number of carbonyl (C=O) groups is 4. The zero-order valence-electron chi connectivity index (χ0n) is 19.2. The SMILES string of the molecule is NCCCCC(N)C(=O)NC(CS)C(=O)N1CCCC1C(=O)NC(Cc1ccccc1)C(=O)O. The topological polar surface area (TPSA) is 168 Å². The van der Waals surface area contributed by atoms with Crippen molar-refractivity contribution in [3.05, 3.63) is 35.9 Å². The number of unbranched alkanes of at least 4 members (excludes halogenated alkanes) is 1. The van der Waals surface area contributed by atoms with Crippen LogP contribution in [0.25, 0.3) is 0 Å². The van der Waals surface area contributed by atoms with Gasteiger partial charge in [-0.2, -0.15) is 12.6 Å². The first-order valence-electron chi connectivity index (χ1n) is 11.5. The molecule has 0 bridgehead atoms. The summed E-state index contributed by atoms with van der Waals surface area (Å²) < 4.78 is 0. The van der Waals surface area contributed by atoms with Crippen molar-refractivity contribution in [3.8, 4) is 0 Å². The molecule has 7 N–H and O–H groups in total. The summed E-state index contributed by atoms with van der Waals surface area (Å²) in [6, 6.07) is 5.33. The highest BCUT2D eigenvalue weighted by Crippen LogP contribution is 2.19. The van der Waals surface area contributed by atoms with E-state index in [1.165, 1.54) is 4.90 Å². The van der Waals surface area contributed by atoms with E-state index >= 15 is 0 Å². The predicted molar refractivity (Wildman–Crippen MR) is 131 cm³/mol. The number of carboxylic acid groups (broad SMARTS) is 1. The maximum atomic E-state index is 13.1. The molecule has 0 radical (unpaired) electrons. The summed E-state index contributed by atoms with van der Waals surface area (Å²) in [5.41, 5.74) is 12.1. The molecule has 0 saturated carbocycles. The number of nitrogens with two attached hydrogens (primary N) is 2. The first-order valence-corrected chi connectivity index (χ1v) is 12.2. The van der Waals surface area contributed by atoms with Gasteiger partial charge in [-0.3, -0.25) is 14.4 Å². The summed E-state index contributed by atoms with van der Waals surface area (Å²) in [4.78, 5) is 51.6. The smallest absolute Gasteiger partial charge is 0.326 e. The van der Waals surface area contributed by atoms with Gasteiger partial charge in [-0.1, -0.05) is 36.8 Å². The number of benzene rings is 1. The fourth-order valence-electron chi connectivity index (χ4n) is 3.92. The molecule has 1 aliphatic heterocycles. The summed E-state index contributed by atoms with van der Waals surface area (Å²) in [5, 5.41) is 14.8. The first kappa shape index (κ1) is 27.6. The fraction of sp³-hybridized carbons (Fsp3) is 0.565. The van der Waals surface area contributed by atoms with E-state index in [0.717, 1.165) is 12.0 Å². The van der Waals surface area contributed by atoms with Gasteiger partial charge >= 0.3 is 5.97 Å². The van der Waals surface area contributed by atoms with Crippen molar-refractivity contribution in [1.29, 1.82) is 0 Å². The molecule has 11 heteroatoms. The Kier molecular flexibility index (Phi) is 11.3. The van der Waals surface area contributed by atoms with Gasteiger partial charge in [-0.05, 0) is 37.8 Å². The van der Waals surface area contributed by atoms with E-state index in [2.05, 4.69) is 23.3 Å². The number of likely N-dealkylation sites (tertiary alicyclic amines) is 1. The van der Waals surface area contributed by atoms with Crippen LogP contribution in [0.1, 0.15) is 37.7 Å². The van der Waals surface area contributed by atoms with E-state index < -0.39 is 47.9 Å². The largest absolute Gasteiger partial charge is 0.480 e. The third-order valence-electron chi connectivity index (χ3n) is 5.84. The minimum Gasteiger partial charge on any atom is -0.480 e. The number of carbonyl (C=O) groups excluding carboxylic acids is 3.